The maximum atomic E-state index is 9.21. The lowest BCUT2D eigenvalue weighted by Gasteiger charge is -2.19. The summed E-state index contributed by atoms with van der Waals surface area (Å²) in [5.74, 6) is 0.751. The highest BCUT2D eigenvalue weighted by Gasteiger charge is 2.15. The zero-order chi connectivity index (χ0) is 11.1. The van der Waals surface area contributed by atoms with E-state index in [9.17, 15) is 5.11 Å². The van der Waals surface area contributed by atoms with Crippen molar-refractivity contribution < 1.29 is 14.3 Å². The second-order valence-electron chi connectivity index (χ2n) is 3.48. The van der Waals surface area contributed by atoms with Crippen LogP contribution in [0.3, 0.4) is 0 Å². The van der Waals surface area contributed by atoms with Gasteiger partial charge in [-0.05, 0) is 26.0 Å². The molecule has 0 aliphatic heterocycles. The lowest BCUT2D eigenvalue weighted by Crippen LogP contribution is -2.35. The molecule has 0 fully saturated rings. The highest BCUT2D eigenvalue weighted by molar-refractivity contribution is 5.04. The molecule has 0 aromatic carbocycles. The molecule has 0 saturated heterocycles. The van der Waals surface area contributed by atoms with E-state index in [-0.39, 0.29) is 18.7 Å². The van der Waals surface area contributed by atoms with Gasteiger partial charge in [-0.15, -0.1) is 0 Å². The molecular weight excluding hydrogens is 194 g/mol. The van der Waals surface area contributed by atoms with Gasteiger partial charge in [-0.2, -0.15) is 0 Å². The van der Waals surface area contributed by atoms with E-state index in [1.807, 2.05) is 26.0 Å². The Hall–Kier alpha value is -0.840. The van der Waals surface area contributed by atoms with Crippen LogP contribution in [0, 0.1) is 0 Å². The number of rotatable bonds is 7. The number of hydrogen-bond donors (Lipinski definition) is 2. The highest BCUT2D eigenvalue weighted by Crippen LogP contribution is 2.13. The minimum absolute atomic E-state index is 0.0178. The third kappa shape index (κ3) is 4.03. The second kappa shape index (κ2) is 6.61. The molecule has 1 aromatic heterocycles. The summed E-state index contributed by atoms with van der Waals surface area (Å²) in [4.78, 5) is 0. The average molecular weight is 213 g/mol. The monoisotopic (exact) mass is 213 g/mol. The average Bonchev–Trinajstić information content (AvgIpc) is 2.76. The Kier molecular flexibility index (Phi) is 5.39. The molecule has 4 nitrogen and oxygen atoms in total. The van der Waals surface area contributed by atoms with E-state index in [1.54, 1.807) is 6.26 Å². The predicted molar refractivity (Wildman–Crippen MR) is 57.6 cm³/mol. The molecule has 0 saturated carbocycles. The van der Waals surface area contributed by atoms with Crippen LogP contribution in [0.4, 0.5) is 0 Å². The van der Waals surface area contributed by atoms with Crippen molar-refractivity contribution in [2.45, 2.75) is 25.9 Å². The van der Waals surface area contributed by atoms with Crippen molar-refractivity contribution in [3.05, 3.63) is 24.2 Å². The fourth-order valence-electron chi connectivity index (χ4n) is 1.40. The van der Waals surface area contributed by atoms with Gasteiger partial charge in [0.1, 0.15) is 5.76 Å². The first-order valence-electron chi connectivity index (χ1n) is 5.26. The number of hydrogen-bond acceptors (Lipinski definition) is 4. The van der Waals surface area contributed by atoms with Crippen molar-refractivity contribution in [2.24, 2.45) is 0 Å². The molecule has 1 aromatic rings. The molecule has 15 heavy (non-hydrogen) atoms. The van der Waals surface area contributed by atoms with Gasteiger partial charge in [0.25, 0.3) is 0 Å². The number of furan rings is 1. The Balaban J connectivity index is 2.40. The lowest BCUT2D eigenvalue weighted by atomic mass is 10.2. The quantitative estimate of drug-likeness (QED) is 0.717. The topological polar surface area (TPSA) is 54.6 Å². The molecular formula is C11H19NO3. The van der Waals surface area contributed by atoms with Gasteiger partial charge in [0.15, 0.2) is 0 Å². The molecule has 1 rings (SSSR count). The molecule has 0 bridgehead atoms. The Morgan fingerprint density at radius 3 is 2.93 bits per heavy atom. The Labute approximate surface area is 90.2 Å². The van der Waals surface area contributed by atoms with Crippen LogP contribution in [-0.4, -0.2) is 31.0 Å². The Morgan fingerprint density at radius 2 is 2.40 bits per heavy atom. The number of aliphatic hydroxyl groups excluding tert-OH is 1. The van der Waals surface area contributed by atoms with Crippen LogP contribution in [0.25, 0.3) is 0 Å². The van der Waals surface area contributed by atoms with Crippen LogP contribution in [0.2, 0.25) is 0 Å². The summed E-state index contributed by atoms with van der Waals surface area (Å²) in [7, 11) is 0. The third-order valence-electron chi connectivity index (χ3n) is 2.13. The van der Waals surface area contributed by atoms with Gasteiger partial charge in [0.05, 0.1) is 25.5 Å². The van der Waals surface area contributed by atoms with E-state index in [4.69, 9.17) is 9.15 Å². The Bertz CT molecular complexity index is 248. The summed E-state index contributed by atoms with van der Waals surface area (Å²) in [6.07, 6.45) is 1.60. The normalized spacial score (nSPS) is 15.1. The number of aliphatic hydroxyl groups is 1. The highest BCUT2D eigenvalue weighted by atomic mass is 16.5. The van der Waals surface area contributed by atoms with Crippen molar-refractivity contribution >= 4 is 0 Å². The van der Waals surface area contributed by atoms with Gasteiger partial charge in [0.2, 0.25) is 0 Å². The maximum Gasteiger partial charge on any atom is 0.123 e. The number of ether oxygens (including phenoxy) is 1. The van der Waals surface area contributed by atoms with Crippen LogP contribution in [-0.2, 0) is 4.74 Å². The first-order valence-corrected chi connectivity index (χ1v) is 5.26. The lowest BCUT2D eigenvalue weighted by molar-refractivity contribution is 0.115. The molecule has 2 unspecified atom stereocenters. The molecule has 1 heterocycles. The van der Waals surface area contributed by atoms with Crippen molar-refractivity contribution in [2.75, 3.05) is 19.8 Å². The van der Waals surface area contributed by atoms with Gasteiger partial charge in [-0.3, -0.25) is 0 Å². The standard InChI is InChI=1S/C11H19NO3/c1-3-14-8-9(2)12-10(7-13)11-5-4-6-15-11/h4-6,9-10,12-13H,3,7-8H2,1-2H3. The zero-order valence-corrected chi connectivity index (χ0v) is 9.27. The summed E-state index contributed by atoms with van der Waals surface area (Å²) in [6.45, 7) is 5.33. The van der Waals surface area contributed by atoms with E-state index >= 15 is 0 Å². The van der Waals surface area contributed by atoms with Crippen molar-refractivity contribution in [3.8, 4) is 0 Å². The van der Waals surface area contributed by atoms with Crippen molar-refractivity contribution in [3.63, 3.8) is 0 Å². The first-order chi connectivity index (χ1) is 7.27. The summed E-state index contributed by atoms with van der Waals surface area (Å²) in [5, 5.41) is 12.4. The summed E-state index contributed by atoms with van der Waals surface area (Å²) in [5.41, 5.74) is 0. The van der Waals surface area contributed by atoms with Crippen LogP contribution < -0.4 is 5.32 Å². The molecule has 0 radical (unpaired) electrons. The predicted octanol–water partition coefficient (Wildman–Crippen LogP) is 1.33. The van der Waals surface area contributed by atoms with E-state index < -0.39 is 0 Å². The van der Waals surface area contributed by atoms with Gasteiger partial charge in [-0.1, -0.05) is 0 Å². The van der Waals surface area contributed by atoms with Crippen LogP contribution in [0.15, 0.2) is 22.8 Å². The summed E-state index contributed by atoms with van der Waals surface area (Å²) >= 11 is 0. The summed E-state index contributed by atoms with van der Waals surface area (Å²) < 4.78 is 10.5. The smallest absolute Gasteiger partial charge is 0.123 e. The molecule has 4 heteroatoms. The number of nitrogens with one attached hydrogen (secondary N) is 1. The second-order valence-corrected chi connectivity index (χ2v) is 3.48. The molecule has 86 valence electrons. The van der Waals surface area contributed by atoms with Gasteiger partial charge >= 0.3 is 0 Å². The van der Waals surface area contributed by atoms with Crippen LogP contribution >= 0.6 is 0 Å². The molecule has 0 spiro atoms. The van der Waals surface area contributed by atoms with Crippen LogP contribution in [0.5, 0.6) is 0 Å². The van der Waals surface area contributed by atoms with E-state index in [1.165, 1.54) is 0 Å². The molecule has 2 atom stereocenters. The minimum Gasteiger partial charge on any atom is -0.468 e. The van der Waals surface area contributed by atoms with Gasteiger partial charge in [-0.25, -0.2) is 0 Å². The molecule has 0 amide bonds. The van der Waals surface area contributed by atoms with E-state index in [0.717, 1.165) is 5.76 Å². The fraction of sp³-hybridized carbons (Fsp3) is 0.636. The van der Waals surface area contributed by atoms with Gasteiger partial charge < -0.3 is 19.6 Å². The summed E-state index contributed by atoms with van der Waals surface area (Å²) in [6, 6.07) is 3.69. The largest absolute Gasteiger partial charge is 0.468 e. The molecule has 0 aliphatic carbocycles. The van der Waals surface area contributed by atoms with Crippen molar-refractivity contribution in [1.82, 2.24) is 5.32 Å². The maximum absolute atomic E-state index is 9.21. The van der Waals surface area contributed by atoms with E-state index in [2.05, 4.69) is 5.32 Å². The fourth-order valence-corrected chi connectivity index (χ4v) is 1.40. The van der Waals surface area contributed by atoms with Gasteiger partial charge in [0, 0.05) is 12.6 Å². The first kappa shape index (κ1) is 12.2. The Morgan fingerprint density at radius 1 is 1.60 bits per heavy atom. The van der Waals surface area contributed by atoms with E-state index in [0.29, 0.717) is 13.2 Å². The van der Waals surface area contributed by atoms with Crippen LogP contribution in [0.1, 0.15) is 25.6 Å². The minimum atomic E-state index is -0.157. The molecule has 2 N–H and O–H groups in total. The molecule has 0 aliphatic rings. The SMILES string of the molecule is CCOCC(C)NC(CO)c1ccco1. The third-order valence-corrected chi connectivity index (χ3v) is 2.13. The van der Waals surface area contributed by atoms with Crippen molar-refractivity contribution in [1.29, 1.82) is 0 Å². The zero-order valence-electron chi connectivity index (χ0n) is 9.27.